The Morgan fingerprint density at radius 3 is 2.62 bits per heavy atom. The highest BCUT2D eigenvalue weighted by molar-refractivity contribution is 14.1. The van der Waals surface area contributed by atoms with Gasteiger partial charge in [0.25, 0.3) is 0 Å². The van der Waals surface area contributed by atoms with E-state index in [1.54, 1.807) is 0 Å². The van der Waals surface area contributed by atoms with Gasteiger partial charge >= 0.3 is 0 Å². The lowest BCUT2D eigenvalue weighted by Crippen LogP contribution is -2.24. The highest BCUT2D eigenvalue weighted by Crippen LogP contribution is 2.28. The average Bonchev–Trinajstić information content (AvgIpc) is 2.44. The molecule has 1 atom stereocenters. The van der Waals surface area contributed by atoms with Crippen LogP contribution in [0.2, 0.25) is 5.02 Å². The number of hydrogen-bond acceptors (Lipinski definition) is 1. The minimum atomic E-state index is 0.294. The number of hydrogen-bond donors (Lipinski definition) is 1. The van der Waals surface area contributed by atoms with Crippen LogP contribution in [0, 0.1) is 17.4 Å². The second-order valence-electron chi connectivity index (χ2n) is 5.39. The summed E-state index contributed by atoms with van der Waals surface area (Å²) in [5, 5.41) is 4.46. The van der Waals surface area contributed by atoms with Gasteiger partial charge in [-0.05, 0) is 77.7 Å². The lowest BCUT2D eigenvalue weighted by Gasteiger charge is -2.21. The molecular weight excluding hydrogens is 393 g/mol. The van der Waals surface area contributed by atoms with Crippen LogP contribution in [-0.4, -0.2) is 6.54 Å². The first-order chi connectivity index (χ1) is 10.0. The van der Waals surface area contributed by atoms with Crippen LogP contribution in [0.25, 0.3) is 0 Å². The van der Waals surface area contributed by atoms with E-state index in [1.807, 2.05) is 6.07 Å². The Balaban J connectivity index is 2.33. The van der Waals surface area contributed by atoms with Gasteiger partial charge in [-0.25, -0.2) is 0 Å². The van der Waals surface area contributed by atoms with E-state index in [2.05, 4.69) is 79.0 Å². The molecule has 0 saturated carbocycles. The SMILES string of the molecule is CCNC(Cc1ccc(C)cc1Cl)c1cccc(C)c1I. The summed E-state index contributed by atoms with van der Waals surface area (Å²) in [4.78, 5) is 0. The van der Waals surface area contributed by atoms with E-state index in [1.165, 1.54) is 25.8 Å². The fraction of sp³-hybridized carbons (Fsp3) is 0.333. The Morgan fingerprint density at radius 2 is 1.95 bits per heavy atom. The molecule has 0 aromatic heterocycles. The van der Waals surface area contributed by atoms with Gasteiger partial charge in [-0.15, -0.1) is 0 Å². The van der Waals surface area contributed by atoms with Gasteiger partial charge in [0, 0.05) is 14.6 Å². The van der Waals surface area contributed by atoms with Crippen LogP contribution in [-0.2, 0) is 6.42 Å². The molecule has 112 valence electrons. The highest BCUT2D eigenvalue weighted by atomic mass is 127. The van der Waals surface area contributed by atoms with Crippen LogP contribution in [0.3, 0.4) is 0 Å². The van der Waals surface area contributed by atoms with Gasteiger partial charge in [0.05, 0.1) is 0 Å². The van der Waals surface area contributed by atoms with E-state index < -0.39 is 0 Å². The molecule has 1 unspecified atom stereocenters. The lowest BCUT2D eigenvalue weighted by molar-refractivity contribution is 0.547. The van der Waals surface area contributed by atoms with Gasteiger partial charge in [-0.1, -0.05) is 48.9 Å². The third kappa shape index (κ3) is 4.21. The first-order valence-corrected chi connectivity index (χ1v) is 8.72. The molecular formula is C18H21ClIN. The Kier molecular flexibility index (Phi) is 6.08. The minimum Gasteiger partial charge on any atom is -0.310 e. The van der Waals surface area contributed by atoms with Crippen molar-refractivity contribution in [2.24, 2.45) is 0 Å². The molecule has 0 aliphatic carbocycles. The van der Waals surface area contributed by atoms with Gasteiger partial charge in [0.1, 0.15) is 0 Å². The quantitative estimate of drug-likeness (QED) is 0.642. The molecule has 0 radical (unpaired) electrons. The van der Waals surface area contributed by atoms with Crippen molar-refractivity contribution >= 4 is 34.2 Å². The van der Waals surface area contributed by atoms with Crippen LogP contribution in [0.5, 0.6) is 0 Å². The molecule has 1 nitrogen and oxygen atoms in total. The molecule has 0 aliphatic heterocycles. The summed E-state index contributed by atoms with van der Waals surface area (Å²) in [5.41, 5.74) is 5.08. The van der Waals surface area contributed by atoms with Crippen molar-refractivity contribution in [2.75, 3.05) is 6.54 Å². The van der Waals surface area contributed by atoms with Crippen LogP contribution < -0.4 is 5.32 Å². The molecule has 0 spiro atoms. The summed E-state index contributed by atoms with van der Waals surface area (Å²) in [6.45, 7) is 7.32. The summed E-state index contributed by atoms with van der Waals surface area (Å²) >= 11 is 8.85. The smallest absolute Gasteiger partial charge is 0.0441 e. The molecule has 2 rings (SSSR count). The van der Waals surface area contributed by atoms with Gasteiger partial charge in [-0.2, -0.15) is 0 Å². The average molecular weight is 414 g/mol. The van der Waals surface area contributed by atoms with E-state index in [0.717, 1.165) is 18.0 Å². The fourth-order valence-corrected chi connectivity index (χ4v) is 3.56. The zero-order valence-corrected chi connectivity index (χ0v) is 15.6. The number of rotatable bonds is 5. The molecule has 2 aromatic rings. The Morgan fingerprint density at radius 1 is 1.19 bits per heavy atom. The first-order valence-electron chi connectivity index (χ1n) is 7.26. The first kappa shape index (κ1) is 16.8. The van der Waals surface area contributed by atoms with Crippen LogP contribution in [0.1, 0.15) is 35.2 Å². The predicted octanol–water partition coefficient (Wildman–Crippen LogP) is 5.45. The van der Waals surface area contributed by atoms with E-state index in [4.69, 9.17) is 11.6 Å². The topological polar surface area (TPSA) is 12.0 Å². The molecule has 0 amide bonds. The predicted molar refractivity (Wildman–Crippen MR) is 100 cm³/mol. The van der Waals surface area contributed by atoms with Crippen molar-refractivity contribution in [3.63, 3.8) is 0 Å². The maximum Gasteiger partial charge on any atom is 0.0441 e. The van der Waals surface area contributed by atoms with E-state index in [-0.39, 0.29) is 0 Å². The van der Waals surface area contributed by atoms with E-state index in [0.29, 0.717) is 6.04 Å². The third-order valence-corrected chi connectivity index (χ3v) is 5.51. The van der Waals surface area contributed by atoms with Crippen LogP contribution >= 0.6 is 34.2 Å². The maximum atomic E-state index is 6.40. The molecule has 0 aliphatic rings. The Hall–Kier alpha value is -0.580. The van der Waals surface area contributed by atoms with Gasteiger partial charge in [0.15, 0.2) is 0 Å². The maximum absolute atomic E-state index is 6.40. The summed E-state index contributed by atoms with van der Waals surface area (Å²) in [6.07, 6.45) is 0.909. The van der Waals surface area contributed by atoms with Crippen molar-refractivity contribution in [3.05, 3.63) is 67.2 Å². The van der Waals surface area contributed by atoms with Crippen molar-refractivity contribution in [1.82, 2.24) is 5.32 Å². The second-order valence-corrected chi connectivity index (χ2v) is 6.87. The van der Waals surface area contributed by atoms with Crippen LogP contribution in [0.15, 0.2) is 36.4 Å². The van der Waals surface area contributed by atoms with Gasteiger partial charge in [0.2, 0.25) is 0 Å². The molecule has 0 bridgehead atoms. The number of likely N-dealkylation sites (N-methyl/N-ethyl adjacent to an activating group) is 1. The third-order valence-electron chi connectivity index (χ3n) is 3.68. The van der Waals surface area contributed by atoms with Crippen molar-refractivity contribution < 1.29 is 0 Å². The zero-order valence-electron chi connectivity index (χ0n) is 12.7. The van der Waals surface area contributed by atoms with Crippen molar-refractivity contribution in [2.45, 2.75) is 33.2 Å². The molecule has 21 heavy (non-hydrogen) atoms. The standard InChI is InChI=1S/C18H21ClIN/c1-4-21-17(15-7-5-6-13(3)18(15)20)11-14-9-8-12(2)10-16(14)19/h5-10,17,21H,4,11H2,1-3H3. The Labute approximate surface area is 146 Å². The summed E-state index contributed by atoms with van der Waals surface area (Å²) < 4.78 is 1.34. The second kappa shape index (κ2) is 7.61. The molecule has 0 saturated heterocycles. The van der Waals surface area contributed by atoms with E-state index in [9.17, 15) is 0 Å². The van der Waals surface area contributed by atoms with E-state index >= 15 is 0 Å². The monoisotopic (exact) mass is 413 g/mol. The number of aryl methyl sites for hydroxylation is 2. The van der Waals surface area contributed by atoms with Crippen molar-refractivity contribution in [1.29, 1.82) is 0 Å². The molecule has 0 fully saturated rings. The number of nitrogens with one attached hydrogen (secondary N) is 1. The molecule has 2 aromatic carbocycles. The summed E-state index contributed by atoms with van der Waals surface area (Å²) in [5.74, 6) is 0. The van der Waals surface area contributed by atoms with Crippen molar-refractivity contribution in [3.8, 4) is 0 Å². The normalized spacial score (nSPS) is 12.4. The largest absolute Gasteiger partial charge is 0.310 e. The number of benzene rings is 2. The van der Waals surface area contributed by atoms with Crippen LogP contribution in [0.4, 0.5) is 0 Å². The fourth-order valence-electron chi connectivity index (χ4n) is 2.52. The zero-order chi connectivity index (χ0) is 15.4. The summed E-state index contributed by atoms with van der Waals surface area (Å²) in [7, 11) is 0. The molecule has 0 heterocycles. The molecule has 1 N–H and O–H groups in total. The van der Waals surface area contributed by atoms with Gasteiger partial charge < -0.3 is 5.32 Å². The number of halogens is 2. The highest BCUT2D eigenvalue weighted by Gasteiger charge is 2.16. The summed E-state index contributed by atoms with van der Waals surface area (Å²) in [6, 6.07) is 13.1. The minimum absolute atomic E-state index is 0.294. The lowest BCUT2D eigenvalue weighted by atomic mass is 9.97. The molecule has 3 heteroatoms. The Bertz CT molecular complexity index is 625. The van der Waals surface area contributed by atoms with Gasteiger partial charge in [-0.3, -0.25) is 0 Å².